The Kier molecular flexibility index (Phi) is 7.23. The molecule has 0 radical (unpaired) electrons. The van der Waals surface area contributed by atoms with Gasteiger partial charge < -0.3 is 14.4 Å². The predicted octanol–water partition coefficient (Wildman–Crippen LogP) is 3.11. The zero-order chi connectivity index (χ0) is 19.9. The third-order valence-corrected chi connectivity index (χ3v) is 5.46. The molecule has 0 spiro atoms. The first-order valence-electron chi connectivity index (χ1n) is 10.3. The normalized spacial score (nSPS) is 15.7. The van der Waals surface area contributed by atoms with Crippen LogP contribution in [0.25, 0.3) is 5.69 Å². The molecule has 1 amide bonds. The Labute approximate surface area is 167 Å². The molecular weight excluding hydrogens is 355 g/mol. The minimum Gasteiger partial charge on any atom is -0.337 e. The highest BCUT2D eigenvalue weighted by Crippen LogP contribution is 2.17. The lowest BCUT2D eigenvalue weighted by Gasteiger charge is -2.35. The van der Waals surface area contributed by atoms with Gasteiger partial charge in [0, 0.05) is 63.8 Å². The van der Waals surface area contributed by atoms with Gasteiger partial charge >= 0.3 is 0 Å². The molecule has 0 aliphatic carbocycles. The second-order valence-electron chi connectivity index (χ2n) is 7.32. The minimum absolute atomic E-state index is 0.0907. The summed E-state index contributed by atoms with van der Waals surface area (Å²) >= 11 is 0. The number of carbonyl (C=O) groups is 1. The fourth-order valence-corrected chi connectivity index (χ4v) is 3.70. The van der Waals surface area contributed by atoms with E-state index in [4.69, 9.17) is 0 Å². The Hall–Kier alpha value is -2.18. The number of piperazine rings is 1. The molecule has 152 valence electrons. The van der Waals surface area contributed by atoms with E-state index in [1.54, 1.807) is 29.1 Å². The lowest BCUT2D eigenvalue weighted by Crippen LogP contribution is -2.48. The summed E-state index contributed by atoms with van der Waals surface area (Å²) in [5, 5.41) is 0. The van der Waals surface area contributed by atoms with E-state index in [0.29, 0.717) is 24.3 Å². The van der Waals surface area contributed by atoms with Crippen molar-refractivity contribution < 1.29 is 9.18 Å². The predicted molar refractivity (Wildman–Crippen MR) is 110 cm³/mol. The number of hydrogen-bond acceptors (Lipinski definition) is 3. The summed E-state index contributed by atoms with van der Waals surface area (Å²) in [6.07, 6.45) is 4.47. The molecule has 1 aromatic heterocycles. The van der Waals surface area contributed by atoms with Gasteiger partial charge in [-0.2, -0.15) is 0 Å². The Morgan fingerprint density at radius 2 is 1.71 bits per heavy atom. The molecule has 1 aliphatic rings. The van der Waals surface area contributed by atoms with Crippen LogP contribution in [-0.4, -0.2) is 77.5 Å². The van der Waals surface area contributed by atoms with Crippen LogP contribution >= 0.6 is 0 Å². The Bertz CT molecular complexity index is 754. The Morgan fingerprint density at radius 1 is 1.04 bits per heavy atom. The van der Waals surface area contributed by atoms with Crippen molar-refractivity contribution in [2.75, 3.05) is 52.4 Å². The van der Waals surface area contributed by atoms with Crippen LogP contribution in [-0.2, 0) is 0 Å². The number of amides is 1. The van der Waals surface area contributed by atoms with Crippen LogP contribution < -0.4 is 0 Å². The summed E-state index contributed by atoms with van der Waals surface area (Å²) in [5.74, 6) is -0.471. The van der Waals surface area contributed by atoms with Crippen molar-refractivity contribution in [2.24, 2.45) is 0 Å². The molecule has 28 heavy (non-hydrogen) atoms. The fourth-order valence-electron chi connectivity index (χ4n) is 3.70. The number of likely N-dealkylation sites (N-methyl/N-ethyl adjacent to an activating group) is 1. The largest absolute Gasteiger partial charge is 0.337 e. The number of rotatable bonds is 8. The summed E-state index contributed by atoms with van der Waals surface area (Å²) in [5.41, 5.74) is 0.870. The molecule has 5 nitrogen and oxygen atoms in total. The van der Waals surface area contributed by atoms with E-state index in [-0.39, 0.29) is 11.7 Å². The molecule has 2 aromatic rings. The molecule has 0 unspecified atom stereocenters. The number of halogens is 1. The molecule has 2 heterocycles. The van der Waals surface area contributed by atoms with Gasteiger partial charge in [-0.3, -0.25) is 9.69 Å². The van der Waals surface area contributed by atoms with Crippen LogP contribution in [0.3, 0.4) is 0 Å². The molecular formula is C22H31FN4O. The van der Waals surface area contributed by atoms with Crippen molar-refractivity contribution in [3.05, 3.63) is 54.1 Å². The SMILES string of the molecule is CCCN(CCN1CCN(CC)CC1)C(=O)c1ccc(-n2cccc2)c(F)c1. The standard InChI is InChI=1S/C22H31FN4O/c1-3-9-27(17-16-25-14-12-24(4-2)13-15-25)22(28)19-7-8-21(20(23)18-19)26-10-5-6-11-26/h5-8,10-11,18H,3-4,9,12-17H2,1-2H3. The van der Waals surface area contributed by atoms with Gasteiger partial charge in [-0.15, -0.1) is 0 Å². The number of aromatic nitrogens is 1. The summed E-state index contributed by atoms with van der Waals surface area (Å²) in [7, 11) is 0. The summed E-state index contributed by atoms with van der Waals surface area (Å²) < 4.78 is 16.3. The van der Waals surface area contributed by atoms with E-state index >= 15 is 0 Å². The first-order chi connectivity index (χ1) is 13.6. The van der Waals surface area contributed by atoms with Crippen LogP contribution in [0, 0.1) is 5.82 Å². The average molecular weight is 387 g/mol. The summed E-state index contributed by atoms with van der Waals surface area (Å²) in [6.45, 7) is 11.9. The maximum absolute atomic E-state index is 14.6. The smallest absolute Gasteiger partial charge is 0.254 e. The van der Waals surface area contributed by atoms with Crippen molar-refractivity contribution in [3.8, 4) is 5.69 Å². The van der Waals surface area contributed by atoms with Gasteiger partial charge in [-0.25, -0.2) is 4.39 Å². The van der Waals surface area contributed by atoms with Crippen molar-refractivity contribution in [2.45, 2.75) is 20.3 Å². The van der Waals surface area contributed by atoms with Crippen molar-refractivity contribution in [1.29, 1.82) is 0 Å². The van der Waals surface area contributed by atoms with E-state index in [1.807, 2.05) is 17.0 Å². The van der Waals surface area contributed by atoms with Crippen molar-refractivity contribution >= 4 is 5.91 Å². The highest BCUT2D eigenvalue weighted by Gasteiger charge is 2.20. The topological polar surface area (TPSA) is 31.7 Å². The van der Waals surface area contributed by atoms with Crippen LogP contribution in [0.2, 0.25) is 0 Å². The fraction of sp³-hybridized carbons (Fsp3) is 0.500. The van der Waals surface area contributed by atoms with E-state index in [9.17, 15) is 9.18 Å². The van der Waals surface area contributed by atoms with Crippen LogP contribution in [0.1, 0.15) is 30.6 Å². The zero-order valence-electron chi connectivity index (χ0n) is 17.0. The van der Waals surface area contributed by atoms with Gasteiger partial charge in [-0.05, 0) is 43.3 Å². The quantitative estimate of drug-likeness (QED) is 0.699. The molecule has 0 atom stereocenters. The van der Waals surface area contributed by atoms with Crippen LogP contribution in [0.4, 0.5) is 4.39 Å². The second kappa shape index (κ2) is 9.85. The molecule has 0 N–H and O–H groups in total. The maximum Gasteiger partial charge on any atom is 0.254 e. The van der Waals surface area contributed by atoms with E-state index in [1.165, 1.54) is 6.07 Å². The van der Waals surface area contributed by atoms with Crippen LogP contribution in [0.5, 0.6) is 0 Å². The molecule has 1 saturated heterocycles. The second-order valence-corrected chi connectivity index (χ2v) is 7.32. The number of nitrogens with zero attached hydrogens (tertiary/aromatic N) is 4. The molecule has 0 bridgehead atoms. The monoisotopic (exact) mass is 386 g/mol. The Balaban J connectivity index is 1.63. The van der Waals surface area contributed by atoms with Gasteiger partial charge in [0.2, 0.25) is 0 Å². The molecule has 1 aromatic carbocycles. The van der Waals surface area contributed by atoms with Crippen LogP contribution in [0.15, 0.2) is 42.7 Å². The summed E-state index contributed by atoms with van der Waals surface area (Å²) in [6, 6.07) is 8.46. The highest BCUT2D eigenvalue weighted by atomic mass is 19.1. The van der Waals surface area contributed by atoms with Gasteiger partial charge in [0.05, 0.1) is 5.69 Å². The van der Waals surface area contributed by atoms with Gasteiger partial charge in [0.25, 0.3) is 5.91 Å². The third-order valence-electron chi connectivity index (χ3n) is 5.46. The summed E-state index contributed by atoms with van der Waals surface area (Å²) in [4.78, 5) is 19.7. The molecule has 0 saturated carbocycles. The average Bonchev–Trinajstić information content (AvgIpc) is 3.25. The lowest BCUT2D eigenvalue weighted by molar-refractivity contribution is 0.0708. The van der Waals surface area contributed by atoms with Gasteiger partial charge in [0.1, 0.15) is 5.82 Å². The molecule has 3 rings (SSSR count). The third kappa shape index (κ3) is 5.00. The van der Waals surface area contributed by atoms with E-state index in [2.05, 4.69) is 23.6 Å². The number of benzene rings is 1. The number of hydrogen-bond donors (Lipinski definition) is 0. The van der Waals surface area contributed by atoms with E-state index in [0.717, 1.165) is 45.7 Å². The van der Waals surface area contributed by atoms with Gasteiger partial charge in [0.15, 0.2) is 0 Å². The molecule has 1 fully saturated rings. The van der Waals surface area contributed by atoms with Crippen molar-refractivity contribution in [1.82, 2.24) is 19.3 Å². The molecule has 1 aliphatic heterocycles. The first-order valence-corrected chi connectivity index (χ1v) is 10.3. The van der Waals surface area contributed by atoms with E-state index < -0.39 is 0 Å². The minimum atomic E-state index is -0.380. The Morgan fingerprint density at radius 3 is 2.32 bits per heavy atom. The first kappa shape index (κ1) is 20.6. The van der Waals surface area contributed by atoms with Gasteiger partial charge in [-0.1, -0.05) is 13.8 Å². The lowest BCUT2D eigenvalue weighted by atomic mass is 10.1. The number of carbonyl (C=O) groups excluding carboxylic acids is 1. The highest BCUT2D eigenvalue weighted by molar-refractivity contribution is 5.94. The molecule has 6 heteroatoms. The zero-order valence-corrected chi connectivity index (χ0v) is 17.0. The maximum atomic E-state index is 14.6. The van der Waals surface area contributed by atoms with Crippen molar-refractivity contribution in [3.63, 3.8) is 0 Å².